The predicted octanol–water partition coefficient (Wildman–Crippen LogP) is 9.30. The first-order valence-corrected chi connectivity index (χ1v) is 11.6. The van der Waals surface area contributed by atoms with E-state index in [2.05, 4.69) is 119 Å². The molecule has 0 atom stereocenters. The molecule has 0 fully saturated rings. The third-order valence-electron chi connectivity index (χ3n) is 5.77. The summed E-state index contributed by atoms with van der Waals surface area (Å²) in [6.07, 6.45) is 0. The van der Waals surface area contributed by atoms with Gasteiger partial charge in [0.1, 0.15) is 0 Å². The number of thiophene rings is 1. The van der Waals surface area contributed by atoms with Gasteiger partial charge in [0.2, 0.25) is 0 Å². The van der Waals surface area contributed by atoms with Gasteiger partial charge in [0.25, 0.3) is 0 Å². The highest BCUT2D eigenvalue weighted by Crippen LogP contribution is 2.43. The molecule has 0 radical (unpaired) electrons. The number of fused-ring (bicyclic) bond motifs is 4. The monoisotopic (exact) mass is 464 g/mol. The highest BCUT2D eigenvalue weighted by atomic mass is 79.9. The van der Waals surface area contributed by atoms with Crippen molar-refractivity contribution in [3.63, 3.8) is 0 Å². The van der Waals surface area contributed by atoms with Gasteiger partial charge in [-0.25, -0.2) is 0 Å². The van der Waals surface area contributed by atoms with Crippen LogP contribution in [0.25, 0.3) is 53.2 Å². The van der Waals surface area contributed by atoms with Crippen molar-refractivity contribution in [2.45, 2.75) is 0 Å². The van der Waals surface area contributed by atoms with Gasteiger partial charge in [-0.1, -0.05) is 101 Å². The first kappa shape index (κ1) is 17.9. The fourth-order valence-corrected chi connectivity index (χ4v) is 5.87. The van der Waals surface area contributed by atoms with Crippen molar-refractivity contribution in [1.82, 2.24) is 0 Å². The second-order valence-corrected chi connectivity index (χ2v) is 9.46. The number of rotatable bonds is 2. The fraction of sp³-hybridized carbons (Fsp3) is 0. The van der Waals surface area contributed by atoms with E-state index < -0.39 is 0 Å². The summed E-state index contributed by atoms with van der Waals surface area (Å²) in [5.74, 6) is 0. The Labute approximate surface area is 187 Å². The molecule has 0 aliphatic heterocycles. The molecule has 0 saturated heterocycles. The first-order chi connectivity index (χ1) is 14.8. The van der Waals surface area contributed by atoms with E-state index in [1.807, 2.05) is 11.3 Å². The fourth-order valence-electron chi connectivity index (χ4n) is 4.37. The van der Waals surface area contributed by atoms with E-state index in [0.29, 0.717) is 0 Å². The van der Waals surface area contributed by atoms with Crippen LogP contribution in [-0.4, -0.2) is 0 Å². The van der Waals surface area contributed by atoms with E-state index in [-0.39, 0.29) is 0 Å². The summed E-state index contributed by atoms with van der Waals surface area (Å²) in [6, 6.07) is 37.3. The molecule has 142 valence electrons. The number of hydrogen-bond donors (Lipinski definition) is 0. The minimum atomic E-state index is 1.10. The van der Waals surface area contributed by atoms with Crippen molar-refractivity contribution in [3.8, 4) is 22.3 Å². The number of halogens is 1. The second kappa shape index (κ2) is 7.09. The van der Waals surface area contributed by atoms with Crippen LogP contribution in [0.5, 0.6) is 0 Å². The van der Waals surface area contributed by atoms with E-state index in [1.54, 1.807) is 0 Å². The normalized spacial score (nSPS) is 11.5. The molecule has 1 aromatic heterocycles. The van der Waals surface area contributed by atoms with Crippen molar-refractivity contribution >= 4 is 58.2 Å². The lowest BCUT2D eigenvalue weighted by Gasteiger charge is -2.13. The van der Waals surface area contributed by atoms with E-state index in [0.717, 1.165) is 4.47 Å². The highest BCUT2D eigenvalue weighted by Gasteiger charge is 2.14. The molecule has 2 heteroatoms. The predicted molar refractivity (Wildman–Crippen MR) is 135 cm³/mol. The van der Waals surface area contributed by atoms with E-state index in [9.17, 15) is 0 Å². The Morgan fingerprint density at radius 2 is 1.10 bits per heavy atom. The van der Waals surface area contributed by atoms with Gasteiger partial charge >= 0.3 is 0 Å². The highest BCUT2D eigenvalue weighted by molar-refractivity contribution is 9.10. The van der Waals surface area contributed by atoms with Crippen LogP contribution in [0.3, 0.4) is 0 Å². The quantitative estimate of drug-likeness (QED) is 0.239. The van der Waals surface area contributed by atoms with Crippen LogP contribution >= 0.6 is 27.3 Å². The Bertz CT molecular complexity index is 1540. The van der Waals surface area contributed by atoms with Gasteiger partial charge in [0, 0.05) is 30.2 Å². The molecule has 0 aliphatic carbocycles. The van der Waals surface area contributed by atoms with Crippen LogP contribution < -0.4 is 0 Å². The Morgan fingerprint density at radius 1 is 0.467 bits per heavy atom. The summed E-state index contributed by atoms with van der Waals surface area (Å²) in [7, 11) is 0. The van der Waals surface area contributed by atoms with Crippen molar-refractivity contribution in [3.05, 3.63) is 108 Å². The number of hydrogen-bond acceptors (Lipinski definition) is 1. The molecule has 1 heterocycles. The Kier molecular flexibility index (Phi) is 4.22. The summed E-state index contributed by atoms with van der Waals surface area (Å²) in [4.78, 5) is 0. The molecule has 0 unspecified atom stereocenters. The molecule has 30 heavy (non-hydrogen) atoms. The van der Waals surface area contributed by atoms with Crippen molar-refractivity contribution in [1.29, 1.82) is 0 Å². The Morgan fingerprint density at radius 3 is 1.90 bits per heavy atom. The van der Waals surface area contributed by atoms with Gasteiger partial charge in [0.15, 0.2) is 0 Å². The van der Waals surface area contributed by atoms with E-state index in [1.165, 1.54) is 53.2 Å². The molecule has 0 N–H and O–H groups in total. The molecule has 6 aromatic rings. The number of benzene rings is 5. The smallest absolute Gasteiger partial charge is 0.0434 e. The zero-order valence-electron chi connectivity index (χ0n) is 16.1. The summed E-state index contributed by atoms with van der Waals surface area (Å²) in [5, 5.41) is 5.27. The standard InChI is InChI=1S/C28H17BrS/c29-19-14-12-18(13-15-19)20-16-17-23(22-7-2-1-6-21(20)22)25-9-5-10-26-24-8-3-4-11-27(24)30-28(25)26/h1-17H. The molecular weight excluding hydrogens is 448 g/mol. The first-order valence-electron chi connectivity index (χ1n) is 9.98. The van der Waals surface area contributed by atoms with Crippen molar-refractivity contribution in [2.75, 3.05) is 0 Å². The van der Waals surface area contributed by atoms with Crippen LogP contribution in [0.1, 0.15) is 0 Å². The maximum Gasteiger partial charge on any atom is 0.0434 e. The molecular formula is C28H17BrS. The molecule has 0 saturated carbocycles. The van der Waals surface area contributed by atoms with Gasteiger partial charge < -0.3 is 0 Å². The van der Waals surface area contributed by atoms with Crippen LogP contribution in [0.15, 0.2) is 108 Å². The maximum absolute atomic E-state index is 3.55. The minimum Gasteiger partial charge on any atom is -0.135 e. The van der Waals surface area contributed by atoms with E-state index in [4.69, 9.17) is 0 Å². The molecule has 0 amide bonds. The minimum absolute atomic E-state index is 1.10. The van der Waals surface area contributed by atoms with Crippen LogP contribution in [0, 0.1) is 0 Å². The van der Waals surface area contributed by atoms with Gasteiger partial charge in [0.05, 0.1) is 0 Å². The molecule has 0 aliphatic rings. The van der Waals surface area contributed by atoms with Crippen LogP contribution in [0.4, 0.5) is 0 Å². The summed E-state index contributed by atoms with van der Waals surface area (Å²) in [6.45, 7) is 0. The Balaban J connectivity index is 1.65. The molecule has 6 rings (SSSR count). The zero-order valence-corrected chi connectivity index (χ0v) is 18.5. The van der Waals surface area contributed by atoms with Gasteiger partial charge in [-0.2, -0.15) is 0 Å². The van der Waals surface area contributed by atoms with Crippen LogP contribution in [0.2, 0.25) is 0 Å². The average molecular weight is 465 g/mol. The third-order valence-corrected chi connectivity index (χ3v) is 7.52. The van der Waals surface area contributed by atoms with Gasteiger partial charge in [-0.3, -0.25) is 0 Å². The second-order valence-electron chi connectivity index (χ2n) is 7.49. The lowest BCUT2D eigenvalue weighted by atomic mass is 9.91. The van der Waals surface area contributed by atoms with Gasteiger partial charge in [-0.05, 0) is 45.7 Å². The molecule has 0 bridgehead atoms. The van der Waals surface area contributed by atoms with E-state index >= 15 is 0 Å². The maximum atomic E-state index is 3.55. The van der Waals surface area contributed by atoms with Crippen molar-refractivity contribution < 1.29 is 0 Å². The largest absolute Gasteiger partial charge is 0.135 e. The lowest BCUT2D eigenvalue weighted by Crippen LogP contribution is -1.86. The Hall–Kier alpha value is -2.94. The lowest BCUT2D eigenvalue weighted by molar-refractivity contribution is 1.61. The zero-order chi connectivity index (χ0) is 20.1. The SMILES string of the molecule is Brc1ccc(-c2ccc(-c3cccc4c3sc3ccccc34)c3ccccc23)cc1. The summed E-state index contributed by atoms with van der Waals surface area (Å²) in [5.41, 5.74) is 5.11. The summed E-state index contributed by atoms with van der Waals surface area (Å²) < 4.78 is 3.81. The molecule has 5 aromatic carbocycles. The van der Waals surface area contributed by atoms with Crippen molar-refractivity contribution in [2.24, 2.45) is 0 Å². The third kappa shape index (κ3) is 2.79. The molecule has 0 spiro atoms. The molecule has 0 nitrogen and oxygen atoms in total. The topological polar surface area (TPSA) is 0 Å². The van der Waals surface area contributed by atoms with Crippen LogP contribution in [-0.2, 0) is 0 Å². The summed E-state index contributed by atoms with van der Waals surface area (Å²) >= 11 is 5.44. The average Bonchev–Trinajstić information content (AvgIpc) is 3.18. The van der Waals surface area contributed by atoms with Gasteiger partial charge in [-0.15, -0.1) is 11.3 Å².